The molecule has 0 saturated heterocycles. The number of nitrogens with zero attached hydrogens (tertiary/aromatic N) is 2. The topological polar surface area (TPSA) is 43.8 Å². The van der Waals surface area contributed by atoms with E-state index >= 15 is 0 Å². The van der Waals surface area contributed by atoms with Crippen LogP contribution in [0.1, 0.15) is 33.0 Å². The second kappa shape index (κ2) is 5.92. The van der Waals surface area contributed by atoms with Crippen molar-refractivity contribution in [1.82, 2.24) is 9.55 Å². The molecule has 2 N–H and O–H groups in total. The van der Waals surface area contributed by atoms with Gasteiger partial charge in [0.2, 0.25) is 0 Å². The second-order valence-electron chi connectivity index (χ2n) is 5.74. The molecule has 0 spiro atoms. The van der Waals surface area contributed by atoms with Gasteiger partial charge in [-0.15, -0.1) is 0 Å². The molecule has 110 valence electrons. The molecular weight excluding hydrogens is 253 g/mol. The van der Waals surface area contributed by atoms with Crippen LogP contribution >= 0.6 is 0 Å². The molecule has 1 atom stereocenters. The molecule has 0 bridgehead atoms. The number of hydrogen-bond acceptors (Lipinski definition) is 2. The summed E-state index contributed by atoms with van der Waals surface area (Å²) in [5.41, 5.74) is 6.27. The van der Waals surface area contributed by atoms with Crippen molar-refractivity contribution in [3.63, 3.8) is 0 Å². The summed E-state index contributed by atoms with van der Waals surface area (Å²) in [5.74, 6) is 0.678. The lowest BCUT2D eigenvalue weighted by molar-refractivity contribution is 0.107. The molecule has 0 aliphatic heterocycles. The number of benzene rings is 1. The first kappa shape index (κ1) is 15.0. The van der Waals surface area contributed by atoms with Crippen LogP contribution in [0.25, 0.3) is 11.0 Å². The van der Waals surface area contributed by atoms with Gasteiger partial charge >= 0.3 is 0 Å². The Labute approximate surface area is 120 Å². The van der Waals surface area contributed by atoms with Crippen molar-refractivity contribution in [2.75, 3.05) is 6.54 Å². The Morgan fingerprint density at radius 3 is 2.65 bits per heavy atom. The number of hydrogen-bond donors (Lipinski definition) is 1. The van der Waals surface area contributed by atoms with E-state index in [0.717, 1.165) is 29.8 Å². The molecule has 0 aliphatic carbocycles. The zero-order valence-electron chi connectivity index (χ0n) is 12.6. The average molecular weight is 277 g/mol. The monoisotopic (exact) mass is 277 g/mol. The highest BCUT2D eigenvalue weighted by Gasteiger charge is 2.34. The molecule has 0 radical (unpaired) electrons. The fourth-order valence-corrected chi connectivity index (χ4v) is 2.51. The van der Waals surface area contributed by atoms with Gasteiger partial charge in [-0.1, -0.05) is 32.9 Å². The minimum absolute atomic E-state index is 0.0278. The molecule has 2 rings (SSSR count). The summed E-state index contributed by atoms with van der Waals surface area (Å²) >= 11 is 0. The Balaban J connectivity index is 2.45. The molecule has 20 heavy (non-hydrogen) atoms. The van der Waals surface area contributed by atoms with Crippen LogP contribution in [0.2, 0.25) is 0 Å². The maximum Gasteiger partial charge on any atom is 0.132 e. The van der Waals surface area contributed by atoms with E-state index < -0.39 is 5.67 Å². The molecule has 2 aromatic rings. The van der Waals surface area contributed by atoms with Crippen molar-refractivity contribution < 1.29 is 4.39 Å². The lowest BCUT2D eigenvalue weighted by atomic mass is 9.89. The predicted molar refractivity (Wildman–Crippen MR) is 81.5 cm³/mol. The van der Waals surface area contributed by atoms with Crippen LogP contribution in [0.4, 0.5) is 4.39 Å². The molecule has 0 aliphatic rings. The third-order valence-corrected chi connectivity index (χ3v) is 4.01. The quantitative estimate of drug-likeness (QED) is 0.880. The van der Waals surface area contributed by atoms with Gasteiger partial charge < -0.3 is 10.3 Å². The highest BCUT2D eigenvalue weighted by Crippen LogP contribution is 2.27. The molecular formula is C16H24FN3. The van der Waals surface area contributed by atoms with E-state index in [4.69, 9.17) is 5.73 Å². The number of aromatic nitrogens is 2. The van der Waals surface area contributed by atoms with E-state index in [1.54, 1.807) is 0 Å². The van der Waals surface area contributed by atoms with E-state index in [1.807, 2.05) is 38.1 Å². The average Bonchev–Trinajstić information content (AvgIpc) is 2.77. The third-order valence-electron chi connectivity index (χ3n) is 4.01. The Morgan fingerprint density at radius 2 is 2.05 bits per heavy atom. The Kier molecular flexibility index (Phi) is 4.43. The molecule has 4 heteroatoms. The summed E-state index contributed by atoms with van der Waals surface area (Å²) in [6, 6.07) is 7.97. The third kappa shape index (κ3) is 2.70. The van der Waals surface area contributed by atoms with E-state index in [2.05, 4.69) is 16.5 Å². The number of imidazole rings is 1. The zero-order valence-corrected chi connectivity index (χ0v) is 12.6. The fraction of sp³-hybridized carbons (Fsp3) is 0.562. The zero-order chi connectivity index (χ0) is 14.8. The SMILES string of the molecule is CCCn1c(CC(F)(CN)C(C)C)nc2ccccc21. The standard InChI is InChI=1S/C16H24FN3/c1-4-9-20-14-8-6-5-7-13(14)19-15(20)10-16(17,11-18)12(2)3/h5-8,12H,4,9-11,18H2,1-3H3. The number of alkyl halides is 1. The van der Waals surface area contributed by atoms with Crippen LogP contribution in [-0.2, 0) is 13.0 Å². The summed E-state index contributed by atoms with van der Waals surface area (Å²) < 4.78 is 17.0. The van der Waals surface area contributed by atoms with Crippen molar-refractivity contribution in [1.29, 1.82) is 0 Å². The first-order valence-corrected chi connectivity index (χ1v) is 7.35. The number of aryl methyl sites for hydroxylation is 1. The summed E-state index contributed by atoms with van der Waals surface area (Å²) in [6.07, 6.45) is 1.27. The predicted octanol–water partition coefficient (Wildman–Crippen LogP) is 3.31. The maximum atomic E-state index is 14.9. The molecule has 1 aromatic heterocycles. The van der Waals surface area contributed by atoms with Gasteiger partial charge in [-0.2, -0.15) is 0 Å². The summed E-state index contributed by atoms with van der Waals surface area (Å²) in [6.45, 7) is 6.75. The van der Waals surface area contributed by atoms with Gasteiger partial charge in [0.05, 0.1) is 11.0 Å². The van der Waals surface area contributed by atoms with Gasteiger partial charge in [0, 0.05) is 19.5 Å². The molecule has 3 nitrogen and oxygen atoms in total. The van der Waals surface area contributed by atoms with Crippen LogP contribution < -0.4 is 5.73 Å². The Hall–Kier alpha value is -1.42. The minimum Gasteiger partial charge on any atom is -0.328 e. The summed E-state index contributed by atoms with van der Waals surface area (Å²) in [5, 5.41) is 0. The van der Waals surface area contributed by atoms with Gasteiger partial charge in [0.25, 0.3) is 0 Å². The van der Waals surface area contributed by atoms with Crippen LogP contribution in [0.5, 0.6) is 0 Å². The van der Waals surface area contributed by atoms with Crippen molar-refractivity contribution in [2.24, 2.45) is 11.7 Å². The highest BCUT2D eigenvalue weighted by atomic mass is 19.1. The fourth-order valence-electron chi connectivity index (χ4n) is 2.51. The summed E-state index contributed by atoms with van der Waals surface area (Å²) in [7, 11) is 0. The van der Waals surface area contributed by atoms with Gasteiger partial charge in [0.1, 0.15) is 11.5 Å². The van der Waals surface area contributed by atoms with Crippen molar-refractivity contribution in [3.8, 4) is 0 Å². The molecule has 1 aromatic carbocycles. The van der Waals surface area contributed by atoms with Gasteiger partial charge in [-0.3, -0.25) is 0 Å². The van der Waals surface area contributed by atoms with Crippen molar-refractivity contribution >= 4 is 11.0 Å². The van der Waals surface area contributed by atoms with Crippen LogP contribution in [0.3, 0.4) is 0 Å². The largest absolute Gasteiger partial charge is 0.328 e. The molecule has 1 heterocycles. The number of nitrogens with two attached hydrogens (primary N) is 1. The van der Waals surface area contributed by atoms with E-state index in [9.17, 15) is 4.39 Å². The highest BCUT2D eigenvalue weighted by molar-refractivity contribution is 5.75. The van der Waals surface area contributed by atoms with Crippen LogP contribution in [0.15, 0.2) is 24.3 Å². The maximum absolute atomic E-state index is 14.9. The van der Waals surface area contributed by atoms with E-state index in [1.165, 1.54) is 0 Å². The number of para-hydroxylation sites is 2. The lowest BCUT2D eigenvalue weighted by Crippen LogP contribution is -2.41. The first-order valence-electron chi connectivity index (χ1n) is 7.35. The summed E-state index contributed by atoms with van der Waals surface area (Å²) in [4.78, 5) is 4.61. The molecule has 0 fully saturated rings. The second-order valence-corrected chi connectivity index (χ2v) is 5.74. The van der Waals surface area contributed by atoms with E-state index in [0.29, 0.717) is 0 Å². The van der Waals surface area contributed by atoms with Gasteiger partial charge in [0.15, 0.2) is 0 Å². The van der Waals surface area contributed by atoms with E-state index in [-0.39, 0.29) is 18.9 Å². The van der Waals surface area contributed by atoms with Gasteiger partial charge in [-0.25, -0.2) is 9.37 Å². The van der Waals surface area contributed by atoms with Crippen molar-refractivity contribution in [3.05, 3.63) is 30.1 Å². The first-order chi connectivity index (χ1) is 9.51. The minimum atomic E-state index is -1.40. The van der Waals surface area contributed by atoms with Crippen LogP contribution in [0, 0.1) is 5.92 Å². The van der Waals surface area contributed by atoms with Crippen molar-refractivity contribution in [2.45, 2.75) is 45.8 Å². The molecule has 0 amide bonds. The number of halogens is 1. The Morgan fingerprint density at radius 1 is 1.35 bits per heavy atom. The number of rotatable bonds is 6. The van der Waals surface area contributed by atoms with Crippen LogP contribution in [-0.4, -0.2) is 21.8 Å². The van der Waals surface area contributed by atoms with Gasteiger partial charge in [-0.05, 0) is 24.5 Å². The number of fused-ring (bicyclic) bond motifs is 1. The smallest absolute Gasteiger partial charge is 0.132 e. The lowest BCUT2D eigenvalue weighted by Gasteiger charge is -2.27. The molecule has 0 saturated carbocycles. The molecule has 1 unspecified atom stereocenters. The Bertz CT molecular complexity index is 576. The normalized spacial score (nSPS) is 14.9.